The molecule has 106 valence electrons. The van der Waals surface area contributed by atoms with Gasteiger partial charge in [0.05, 0.1) is 11.1 Å². The third-order valence-electron chi connectivity index (χ3n) is 3.24. The second-order valence-electron chi connectivity index (χ2n) is 4.45. The second kappa shape index (κ2) is 6.31. The van der Waals surface area contributed by atoms with E-state index in [2.05, 4.69) is 0 Å². The van der Waals surface area contributed by atoms with Gasteiger partial charge < -0.3 is 10.8 Å². The third kappa shape index (κ3) is 2.82. The van der Waals surface area contributed by atoms with Crippen LogP contribution in [-0.2, 0) is 0 Å². The van der Waals surface area contributed by atoms with E-state index in [1.165, 1.54) is 24.3 Å². The first-order chi connectivity index (χ1) is 9.56. The van der Waals surface area contributed by atoms with E-state index in [1.807, 2.05) is 0 Å². The highest BCUT2D eigenvalue weighted by Gasteiger charge is 2.26. The molecule has 2 unspecified atom stereocenters. The molecule has 20 heavy (non-hydrogen) atoms. The molecular weight excluding hydrogens is 284 g/mol. The van der Waals surface area contributed by atoms with Crippen LogP contribution < -0.4 is 5.73 Å². The fourth-order valence-corrected chi connectivity index (χ4v) is 2.41. The molecule has 0 heterocycles. The van der Waals surface area contributed by atoms with Gasteiger partial charge in [-0.2, -0.15) is 0 Å². The van der Waals surface area contributed by atoms with Crippen LogP contribution in [-0.4, -0.2) is 11.7 Å². The number of nitrogens with two attached hydrogens (primary N) is 1. The normalized spacial score (nSPS) is 14.1. The van der Waals surface area contributed by atoms with E-state index < -0.39 is 23.7 Å². The van der Waals surface area contributed by atoms with Crippen LogP contribution in [0.4, 0.5) is 8.78 Å². The van der Waals surface area contributed by atoms with Gasteiger partial charge in [-0.25, -0.2) is 8.78 Å². The van der Waals surface area contributed by atoms with Gasteiger partial charge in [0.15, 0.2) is 0 Å². The second-order valence-corrected chi connectivity index (χ2v) is 4.83. The maximum Gasteiger partial charge on any atom is 0.142 e. The molecule has 2 nitrogen and oxygen atoms in total. The molecular formula is C15H14ClF2NO. The number of hydrogen-bond donors (Lipinski definition) is 2. The summed E-state index contributed by atoms with van der Waals surface area (Å²) >= 11 is 5.85. The molecule has 0 aliphatic rings. The number of benzene rings is 2. The Balaban J connectivity index is 2.42. The van der Waals surface area contributed by atoms with Crippen LogP contribution in [0, 0.1) is 11.6 Å². The van der Waals surface area contributed by atoms with E-state index in [9.17, 15) is 13.9 Å². The summed E-state index contributed by atoms with van der Waals surface area (Å²) in [7, 11) is 0. The number of halogens is 3. The lowest BCUT2D eigenvalue weighted by atomic mass is 9.89. The molecule has 0 aromatic heterocycles. The number of aliphatic hydroxyl groups is 1. The van der Waals surface area contributed by atoms with E-state index >= 15 is 0 Å². The number of rotatable bonds is 4. The summed E-state index contributed by atoms with van der Waals surface area (Å²) in [6.07, 6.45) is -1.18. The molecule has 2 atom stereocenters. The first kappa shape index (κ1) is 14.9. The van der Waals surface area contributed by atoms with E-state index in [0.717, 1.165) is 0 Å². The van der Waals surface area contributed by atoms with Gasteiger partial charge in [0, 0.05) is 18.0 Å². The molecule has 0 saturated carbocycles. The molecule has 0 radical (unpaired) electrons. The van der Waals surface area contributed by atoms with Crippen LogP contribution in [0.2, 0.25) is 5.02 Å². The zero-order valence-corrected chi connectivity index (χ0v) is 11.3. The minimum Gasteiger partial charge on any atom is -0.388 e. The average Bonchev–Trinajstić information content (AvgIpc) is 2.44. The summed E-state index contributed by atoms with van der Waals surface area (Å²) in [5.74, 6) is -1.79. The maximum absolute atomic E-state index is 13.8. The van der Waals surface area contributed by atoms with Gasteiger partial charge in [0.1, 0.15) is 11.6 Å². The summed E-state index contributed by atoms with van der Waals surface area (Å²) < 4.78 is 27.2. The van der Waals surface area contributed by atoms with Crippen LogP contribution in [0.15, 0.2) is 42.5 Å². The van der Waals surface area contributed by atoms with Crippen molar-refractivity contribution in [1.82, 2.24) is 0 Å². The van der Waals surface area contributed by atoms with E-state index in [-0.39, 0.29) is 22.7 Å². The molecule has 0 aliphatic carbocycles. The summed E-state index contributed by atoms with van der Waals surface area (Å²) in [6, 6.07) is 10.2. The summed E-state index contributed by atoms with van der Waals surface area (Å²) in [6.45, 7) is 0.00887. The van der Waals surface area contributed by atoms with Gasteiger partial charge in [0.2, 0.25) is 0 Å². The van der Waals surface area contributed by atoms with Crippen molar-refractivity contribution < 1.29 is 13.9 Å². The first-order valence-electron chi connectivity index (χ1n) is 6.12. The fourth-order valence-electron chi connectivity index (χ4n) is 2.17. The van der Waals surface area contributed by atoms with Crippen LogP contribution in [0.1, 0.15) is 23.1 Å². The van der Waals surface area contributed by atoms with Crippen molar-refractivity contribution in [3.05, 3.63) is 70.2 Å². The van der Waals surface area contributed by atoms with Gasteiger partial charge in [-0.3, -0.25) is 0 Å². The van der Waals surface area contributed by atoms with Gasteiger partial charge in [-0.1, -0.05) is 41.9 Å². The molecule has 5 heteroatoms. The SMILES string of the molecule is NCC(c1ccccc1F)C(O)c1cccc(F)c1Cl. The highest BCUT2D eigenvalue weighted by atomic mass is 35.5. The topological polar surface area (TPSA) is 46.2 Å². The lowest BCUT2D eigenvalue weighted by Gasteiger charge is -2.23. The van der Waals surface area contributed by atoms with Crippen LogP contribution in [0.3, 0.4) is 0 Å². The molecule has 0 amide bonds. The van der Waals surface area contributed by atoms with Crippen LogP contribution in [0.5, 0.6) is 0 Å². The fraction of sp³-hybridized carbons (Fsp3) is 0.200. The summed E-state index contributed by atoms with van der Waals surface area (Å²) in [4.78, 5) is 0. The van der Waals surface area contributed by atoms with Crippen molar-refractivity contribution in [3.8, 4) is 0 Å². The van der Waals surface area contributed by atoms with Crippen molar-refractivity contribution in [2.24, 2.45) is 5.73 Å². The highest BCUT2D eigenvalue weighted by molar-refractivity contribution is 6.31. The quantitative estimate of drug-likeness (QED) is 0.908. The minimum atomic E-state index is -1.18. The largest absolute Gasteiger partial charge is 0.388 e. The smallest absolute Gasteiger partial charge is 0.142 e. The van der Waals surface area contributed by atoms with E-state index in [1.54, 1.807) is 18.2 Å². The molecule has 2 aromatic rings. The molecule has 2 aromatic carbocycles. The first-order valence-corrected chi connectivity index (χ1v) is 6.50. The Bertz CT molecular complexity index is 606. The molecule has 3 N–H and O–H groups in total. The summed E-state index contributed by atoms with van der Waals surface area (Å²) in [5, 5.41) is 10.2. The van der Waals surface area contributed by atoms with Crippen molar-refractivity contribution in [2.75, 3.05) is 6.54 Å². The predicted octanol–water partition coefficient (Wildman–Crippen LogP) is 3.39. The Morgan fingerprint density at radius 2 is 1.60 bits per heavy atom. The van der Waals surface area contributed by atoms with Gasteiger partial charge in [0.25, 0.3) is 0 Å². The molecule has 2 rings (SSSR count). The van der Waals surface area contributed by atoms with Crippen molar-refractivity contribution in [1.29, 1.82) is 0 Å². The van der Waals surface area contributed by atoms with E-state index in [4.69, 9.17) is 17.3 Å². The predicted molar refractivity (Wildman–Crippen MR) is 74.6 cm³/mol. The molecule has 0 aliphatic heterocycles. The Kier molecular flexibility index (Phi) is 4.70. The summed E-state index contributed by atoms with van der Waals surface area (Å²) in [5.41, 5.74) is 6.12. The lowest BCUT2D eigenvalue weighted by Crippen LogP contribution is -2.21. The Labute approximate surface area is 120 Å². The maximum atomic E-state index is 13.8. The van der Waals surface area contributed by atoms with Gasteiger partial charge in [-0.05, 0) is 17.7 Å². The molecule has 0 saturated heterocycles. The average molecular weight is 298 g/mol. The standard InChI is InChI=1S/C15H14ClF2NO/c16-14-10(5-3-7-13(14)18)15(20)11(8-19)9-4-1-2-6-12(9)17/h1-7,11,15,20H,8,19H2. The third-order valence-corrected chi connectivity index (χ3v) is 3.64. The van der Waals surface area contributed by atoms with Crippen molar-refractivity contribution >= 4 is 11.6 Å². The van der Waals surface area contributed by atoms with Gasteiger partial charge in [-0.15, -0.1) is 0 Å². The van der Waals surface area contributed by atoms with E-state index in [0.29, 0.717) is 0 Å². The van der Waals surface area contributed by atoms with Crippen molar-refractivity contribution in [2.45, 2.75) is 12.0 Å². The lowest BCUT2D eigenvalue weighted by molar-refractivity contribution is 0.145. The Hall–Kier alpha value is -1.49. The number of hydrogen-bond acceptors (Lipinski definition) is 2. The molecule has 0 spiro atoms. The molecule has 0 bridgehead atoms. The Morgan fingerprint density at radius 1 is 1.00 bits per heavy atom. The monoisotopic (exact) mass is 297 g/mol. The Morgan fingerprint density at radius 3 is 2.25 bits per heavy atom. The van der Waals surface area contributed by atoms with Crippen molar-refractivity contribution in [3.63, 3.8) is 0 Å². The minimum absolute atomic E-state index is 0.00887. The van der Waals surface area contributed by atoms with Gasteiger partial charge >= 0.3 is 0 Å². The zero-order chi connectivity index (χ0) is 14.7. The van der Waals surface area contributed by atoms with Crippen LogP contribution >= 0.6 is 11.6 Å². The zero-order valence-electron chi connectivity index (χ0n) is 10.6. The van der Waals surface area contributed by atoms with Crippen LogP contribution in [0.25, 0.3) is 0 Å². The highest BCUT2D eigenvalue weighted by Crippen LogP contribution is 2.35. The number of aliphatic hydroxyl groups excluding tert-OH is 1. The molecule has 0 fully saturated rings.